The zero-order valence-electron chi connectivity index (χ0n) is 9.83. The van der Waals surface area contributed by atoms with Crippen molar-refractivity contribution in [2.75, 3.05) is 13.1 Å². The zero-order chi connectivity index (χ0) is 12.3. The number of piperidine rings is 1. The molecule has 17 heavy (non-hydrogen) atoms. The van der Waals surface area contributed by atoms with Crippen LogP contribution in [0.2, 0.25) is 0 Å². The van der Waals surface area contributed by atoms with Crippen molar-refractivity contribution in [3.8, 4) is 0 Å². The topological polar surface area (TPSA) is 29.3 Å². The van der Waals surface area contributed by atoms with Gasteiger partial charge in [-0.1, -0.05) is 12.5 Å². The molecule has 1 fully saturated rings. The van der Waals surface area contributed by atoms with E-state index in [0.29, 0.717) is 24.7 Å². The summed E-state index contributed by atoms with van der Waals surface area (Å²) in [6.45, 7) is 2.06. The van der Waals surface area contributed by atoms with Crippen LogP contribution in [0.1, 0.15) is 24.8 Å². The predicted molar refractivity (Wildman–Crippen MR) is 63.5 cm³/mol. The maximum absolute atomic E-state index is 13.5. The van der Waals surface area contributed by atoms with Gasteiger partial charge in [0, 0.05) is 30.8 Å². The van der Waals surface area contributed by atoms with E-state index in [2.05, 4.69) is 4.90 Å². The lowest BCUT2D eigenvalue weighted by Gasteiger charge is -2.35. The summed E-state index contributed by atoms with van der Waals surface area (Å²) in [5.41, 5.74) is 6.26. The van der Waals surface area contributed by atoms with Gasteiger partial charge in [-0.3, -0.25) is 4.90 Å². The highest BCUT2D eigenvalue weighted by Crippen LogP contribution is 2.20. The molecule has 0 radical (unpaired) electrons. The average Bonchev–Trinajstić information content (AvgIpc) is 2.33. The van der Waals surface area contributed by atoms with Crippen molar-refractivity contribution in [2.45, 2.75) is 31.8 Å². The van der Waals surface area contributed by atoms with Gasteiger partial charge in [0.25, 0.3) is 0 Å². The van der Waals surface area contributed by atoms with E-state index in [4.69, 9.17) is 5.73 Å². The van der Waals surface area contributed by atoms with Crippen LogP contribution in [0, 0.1) is 11.6 Å². The van der Waals surface area contributed by atoms with Gasteiger partial charge in [0.1, 0.15) is 11.6 Å². The van der Waals surface area contributed by atoms with Crippen molar-refractivity contribution in [1.82, 2.24) is 4.90 Å². The first-order valence-electron chi connectivity index (χ1n) is 6.08. The van der Waals surface area contributed by atoms with Gasteiger partial charge in [0.2, 0.25) is 0 Å². The Bertz CT molecular complexity index is 382. The molecule has 0 spiro atoms. The second-order valence-electron chi connectivity index (χ2n) is 4.59. The van der Waals surface area contributed by atoms with Gasteiger partial charge in [0.05, 0.1) is 0 Å². The number of benzene rings is 1. The zero-order valence-corrected chi connectivity index (χ0v) is 9.83. The first kappa shape index (κ1) is 12.5. The van der Waals surface area contributed by atoms with Crippen LogP contribution in [0.3, 0.4) is 0 Å². The van der Waals surface area contributed by atoms with E-state index in [9.17, 15) is 8.78 Å². The lowest BCUT2D eigenvalue weighted by molar-refractivity contribution is 0.143. The van der Waals surface area contributed by atoms with E-state index in [1.165, 1.54) is 18.6 Å². The van der Waals surface area contributed by atoms with Crippen molar-refractivity contribution < 1.29 is 8.78 Å². The van der Waals surface area contributed by atoms with Gasteiger partial charge in [-0.15, -0.1) is 0 Å². The van der Waals surface area contributed by atoms with Crippen LogP contribution in [0.25, 0.3) is 0 Å². The Morgan fingerprint density at radius 2 is 2.12 bits per heavy atom. The van der Waals surface area contributed by atoms with E-state index < -0.39 is 11.6 Å². The molecule has 0 aliphatic carbocycles. The summed E-state index contributed by atoms with van der Waals surface area (Å²) in [5, 5.41) is 0. The smallest absolute Gasteiger partial charge is 0.130 e. The monoisotopic (exact) mass is 240 g/mol. The average molecular weight is 240 g/mol. The highest BCUT2D eigenvalue weighted by Gasteiger charge is 2.21. The van der Waals surface area contributed by atoms with Crippen LogP contribution < -0.4 is 5.73 Å². The van der Waals surface area contributed by atoms with Gasteiger partial charge < -0.3 is 5.73 Å². The molecule has 2 nitrogen and oxygen atoms in total. The van der Waals surface area contributed by atoms with Crippen molar-refractivity contribution in [3.05, 3.63) is 35.4 Å². The molecular formula is C13H18F2N2. The van der Waals surface area contributed by atoms with Gasteiger partial charge in [0.15, 0.2) is 0 Å². The molecule has 1 aliphatic rings. The van der Waals surface area contributed by atoms with E-state index in [1.807, 2.05) is 0 Å². The third-order valence-corrected chi connectivity index (χ3v) is 3.41. The van der Waals surface area contributed by atoms with E-state index in [1.54, 1.807) is 0 Å². The van der Waals surface area contributed by atoms with Crippen LogP contribution in [-0.2, 0) is 6.54 Å². The minimum Gasteiger partial charge on any atom is -0.329 e. The number of likely N-dealkylation sites (tertiary alicyclic amines) is 1. The Morgan fingerprint density at radius 1 is 1.29 bits per heavy atom. The molecule has 1 unspecified atom stereocenters. The molecule has 2 rings (SSSR count). The number of nitrogens with zero attached hydrogens (tertiary/aromatic N) is 1. The highest BCUT2D eigenvalue weighted by molar-refractivity contribution is 5.18. The predicted octanol–water partition coefficient (Wildman–Crippen LogP) is 2.28. The van der Waals surface area contributed by atoms with Crippen molar-refractivity contribution in [1.29, 1.82) is 0 Å². The minimum atomic E-state index is -0.528. The summed E-state index contributed by atoms with van der Waals surface area (Å²) in [6, 6.07) is 4.09. The molecule has 2 N–H and O–H groups in total. The Labute approximate surface area is 100 Å². The molecule has 1 aromatic carbocycles. The lowest BCUT2D eigenvalue weighted by Crippen LogP contribution is -2.43. The van der Waals surface area contributed by atoms with Crippen molar-refractivity contribution in [2.24, 2.45) is 5.73 Å². The molecule has 1 saturated heterocycles. The first-order chi connectivity index (χ1) is 8.20. The third kappa shape index (κ3) is 3.01. The lowest BCUT2D eigenvalue weighted by atomic mass is 10.0. The second-order valence-corrected chi connectivity index (χ2v) is 4.59. The fourth-order valence-corrected chi connectivity index (χ4v) is 2.40. The van der Waals surface area contributed by atoms with Crippen molar-refractivity contribution in [3.63, 3.8) is 0 Å². The number of hydrogen-bond acceptors (Lipinski definition) is 2. The fraction of sp³-hybridized carbons (Fsp3) is 0.538. The van der Waals surface area contributed by atoms with Gasteiger partial charge in [-0.25, -0.2) is 8.78 Å². The van der Waals surface area contributed by atoms with Gasteiger partial charge >= 0.3 is 0 Å². The Hall–Kier alpha value is -1.00. The number of nitrogens with two attached hydrogens (primary N) is 1. The Balaban J connectivity index is 2.08. The molecule has 1 aliphatic heterocycles. The SMILES string of the molecule is NCC1CCCCN1Cc1ccc(F)cc1F. The normalized spacial score (nSPS) is 21.7. The molecule has 94 valence electrons. The fourth-order valence-electron chi connectivity index (χ4n) is 2.40. The Kier molecular flexibility index (Phi) is 4.07. The van der Waals surface area contributed by atoms with E-state index in [-0.39, 0.29) is 0 Å². The van der Waals surface area contributed by atoms with Crippen LogP contribution in [0.15, 0.2) is 18.2 Å². The first-order valence-corrected chi connectivity index (χ1v) is 6.08. The highest BCUT2D eigenvalue weighted by atomic mass is 19.1. The van der Waals surface area contributed by atoms with Gasteiger partial charge in [-0.05, 0) is 25.5 Å². The third-order valence-electron chi connectivity index (χ3n) is 3.41. The molecule has 0 amide bonds. The molecule has 0 saturated carbocycles. The van der Waals surface area contributed by atoms with Crippen LogP contribution in [0.4, 0.5) is 8.78 Å². The molecule has 4 heteroatoms. The molecule has 0 bridgehead atoms. The second kappa shape index (κ2) is 5.56. The van der Waals surface area contributed by atoms with Crippen LogP contribution in [-0.4, -0.2) is 24.0 Å². The number of halogens is 2. The minimum absolute atomic E-state index is 0.327. The number of hydrogen-bond donors (Lipinski definition) is 1. The van der Waals surface area contributed by atoms with Crippen LogP contribution in [0.5, 0.6) is 0 Å². The standard InChI is InChI=1S/C13H18F2N2/c14-11-5-4-10(13(15)7-11)9-17-6-2-1-3-12(17)8-16/h4-5,7,12H,1-3,6,8-9,16H2. The molecule has 1 heterocycles. The van der Waals surface area contributed by atoms with E-state index >= 15 is 0 Å². The summed E-state index contributed by atoms with van der Waals surface area (Å²) in [7, 11) is 0. The Morgan fingerprint density at radius 3 is 2.82 bits per heavy atom. The van der Waals surface area contributed by atoms with E-state index in [0.717, 1.165) is 25.5 Å². The summed E-state index contributed by atoms with van der Waals surface area (Å²) in [5.74, 6) is -0.994. The van der Waals surface area contributed by atoms with Crippen molar-refractivity contribution >= 4 is 0 Å². The van der Waals surface area contributed by atoms with Crippen LogP contribution >= 0.6 is 0 Å². The largest absolute Gasteiger partial charge is 0.329 e. The molecule has 1 aromatic rings. The van der Waals surface area contributed by atoms with Gasteiger partial charge in [-0.2, -0.15) is 0 Å². The maximum atomic E-state index is 13.5. The summed E-state index contributed by atoms with van der Waals surface area (Å²) >= 11 is 0. The quantitative estimate of drug-likeness (QED) is 0.878. The summed E-state index contributed by atoms with van der Waals surface area (Å²) in [6.07, 6.45) is 3.38. The molecular weight excluding hydrogens is 222 g/mol. The number of rotatable bonds is 3. The summed E-state index contributed by atoms with van der Waals surface area (Å²) in [4.78, 5) is 2.19. The molecule has 0 aromatic heterocycles. The summed E-state index contributed by atoms with van der Waals surface area (Å²) < 4.78 is 26.3. The molecule has 1 atom stereocenters. The maximum Gasteiger partial charge on any atom is 0.130 e.